The molecule has 1 saturated heterocycles. The molecule has 1 aliphatic heterocycles. The first kappa shape index (κ1) is 13.9. The van der Waals surface area contributed by atoms with E-state index in [-0.39, 0.29) is 29.0 Å². The van der Waals surface area contributed by atoms with Crippen LogP contribution >= 0.6 is 0 Å². The minimum absolute atomic E-state index is 0.0655. The van der Waals surface area contributed by atoms with Crippen LogP contribution in [0.5, 0.6) is 0 Å². The van der Waals surface area contributed by atoms with Gasteiger partial charge in [-0.15, -0.1) is 0 Å². The topological polar surface area (TPSA) is 63.4 Å². The lowest BCUT2D eigenvalue weighted by Gasteiger charge is -2.38. The number of sulfone groups is 1. The van der Waals surface area contributed by atoms with Gasteiger partial charge in [-0.1, -0.05) is 20.8 Å². The summed E-state index contributed by atoms with van der Waals surface area (Å²) in [7, 11) is -2.82. The molecule has 0 aromatic carbocycles. The molecule has 0 bridgehead atoms. The van der Waals surface area contributed by atoms with Gasteiger partial charge < -0.3 is 5.73 Å². The molecular formula is C11H24N2O2S. The Morgan fingerprint density at radius 1 is 1.44 bits per heavy atom. The van der Waals surface area contributed by atoms with Gasteiger partial charge in [0.2, 0.25) is 0 Å². The van der Waals surface area contributed by atoms with Crippen molar-refractivity contribution in [2.24, 2.45) is 11.1 Å². The number of hydrogen-bond donors (Lipinski definition) is 1. The maximum Gasteiger partial charge on any atom is 0.153 e. The first-order valence-electron chi connectivity index (χ1n) is 5.82. The van der Waals surface area contributed by atoms with Crippen molar-refractivity contribution in [3.8, 4) is 0 Å². The van der Waals surface area contributed by atoms with Gasteiger partial charge in [0.05, 0.1) is 11.5 Å². The van der Waals surface area contributed by atoms with Crippen LogP contribution in [0.4, 0.5) is 0 Å². The molecule has 0 radical (unpaired) electrons. The van der Waals surface area contributed by atoms with Gasteiger partial charge in [0.15, 0.2) is 9.84 Å². The summed E-state index contributed by atoms with van der Waals surface area (Å²) in [5, 5.41) is 0. The van der Waals surface area contributed by atoms with Crippen molar-refractivity contribution in [1.29, 1.82) is 0 Å². The van der Waals surface area contributed by atoms with Crippen LogP contribution in [-0.4, -0.2) is 50.0 Å². The molecule has 1 rings (SSSR count). The summed E-state index contributed by atoms with van der Waals surface area (Å²) in [4.78, 5) is 2.19. The highest BCUT2D eigenvalue weighted by molar-refractivity contribution is 7.91. The predicted octanol–water partition coefficient (Wildman–Crippen LogP) is 0.479. The number of hydrogen-bond acceptors (Lipinski definition) is 4. The minimum Gasteiger partial charge on any atom is -0.326 e. The van der Waals surface area contributed by atoms with E-state index < -0.39 is 9.84 Å². The van der Waals surface area contributed by atoms with E-state index in [0.29, 0.717) is 6.54 Å². The predicted molar refractivity (Wildman–Crippen MR) is 67.1 cm³/mol. The molecule has 0 amide bonds. The summed E-state index contributed by atoms with van der Waals surface area (Å²) in [5.74, 6) is 0.540. The van der Waals surface area contributed by atoms with Crippen molar-refractivity contribution in [2.75, 3.05) is 24.6 Å². The molecule has 4 nitrogen and oxygen atoms in total. The quantitative estimate of drug-likeness (QED) is 0.772. The monoisotopic (exact) mass is 248 g/mol. The third-order valence-electron chi connectivity index (χ3n) is 3.35. The van der Waals surface area contributed by atoms with E-state index >= 15 is 0 Å². The number of rotatable bonds is 2. The van der Waals surface area contributed by atoms with E-state index in [0.717, 1.165) is 6.54 Å². The maximum absolute atomic E-state index is 11.4. The Hall–Kier alpha value is -0.130. The molecular weight excluding hydrogens is 224 g/mol. The van der Waals surface area contributed by atoms with Gasteiger partial charge in [0, 0.05) is 25.2 Å². The van der Waals surface area contributed by atoms with Crippen molar-refractivity contribution in [1.82, 2.24) is 4.90 Å². The van der Waals surface area contributed by atoms with Crippen LogP contribution in [0.3, 0.4) is 0 Å². The molecule has 2 atom stereocenters. The standard InChI is InChI=1S/C11H24N2O2S/c1-9-8-16(14,15)6-5-13(9)7-10(12)11(2,3)4/h9-10H,5-8,12H2,1-4H3. The molecule has 0 aromatic heterocycles. The fraction of sp³-hybridized carbons (Fsp3) is 1.00. The van der Waals surface area contributed by atoms with E-state index in [1.807, 2.05) is 6.92 Å². The second-order valence-electron chi connectivity index (χ2n) is 5.93. The summed E-state index contributed by atoms with van der Waals surface area (Å²) in [6.45, 7) is 9.70. The van der Waals surface area contributed by atoms with Gasteiger partial charge in [0.25, 0.3) is 0 Å². The molecule has 1 fully saturated rings. The van der Waals surface area contributed by atoms with Crippen molar-refractivity contribution in [3.63, 3.8) is 0 Å². The Morgan fingerprint density at radius 3 is 2.44 bits per heavy atom. The highest BCUT2D eigenvalue weighted by Gasteiger charge is 2.31. The average Bonchev–Trinajstić information content (AvgIpc) is 2.07. The van der Waals surface area contributed by atoms with Crippen LogP contribution < -0.4 is 5.73 Å². The van der Waals surface area contributed by atoms with Crippen molar-refractivity contribution in [3.05, 3.63) is 0 Å². The smallest absolute Gasteiger partial charge is 0.153 e. The molecule has 0 aliphatic carbocycles. The summed E-state index contributed by atoms with van der Waals surface area (Å²) in [6, 6.07) is 0.169. The zero-order chi connectivity index (χ0) is 12.6. The van der Waals surface area contributed by atoms with Crippen molar-refractivity contribution in [2.45, 2.75) is 39.8 Å². The lowest BCUT2D eigenvalue weighted by atomic mass is 9.87. The van der Waals surface area contributed by atoms with Crippen LogP contribution in [0.2, 0.25) is 0 Å². The molecule has 0 aromatic rings. The van der Waals surface area contributed by atoms with Crippen LogP contribution in [0.1, 0.15) is 27.7 Å². The van der Waals surface area contributed by atoms with E-state index in [1.165, 1.54) is 0 Å². The van der Waals surface area contributed by atoms with Gasteiger partial charge >= 0.3 is 0 Å². The molecule has 0 spiro atoms. The SMILES string of the molecule is CC1CS(=O)(=O)CCN1CC(N)C(C)(C)C. The molecule has 2 N–H and O–H groups in total. The van der Waals surface area contributed by atoms with Gasteiger partial charge in [0.1, 0.15) is 0 Å². The Morgan fingerprint density at radius 2 is 2.00 bits per heavy atom. The van der Waals surface area contributed by atoms with Crippen molar-refractivity contribution >= 4 is 9.84 Å². The summed E-state index contributed by atoms with van der Waals surface area (Å²) in [6.07, 6.45) is 0. The maximum atomic E-state index is 11.4. The summed E-state index contributed by atoms with van der Waals surface area (Å²) in [5.41, 5.74) is 6.19. The summed E-state index contributed by atoms with van der Waals surface area (Å²) >= 11 is 0. The summed E-state index contributed by atoms with van der Waals surface area (Å²) < 4.78 is 22.9. The number of nitrogens with zero attached hydrogens (tertiary/aromatic N) is 1. The Labute approximate surface area is 99.1 Å². The first-order chi connectivity index (χ1) is 7.12. The van der Waals surface area contributed by atoms with E-state index in [9.17, 15) is 8.42 Å². The van der Waals surface area contributed by atoms with E-state index in [4.69, 9.17) is 5.73 Å². The van der Waals surface area contributed by atoms with Crippen LogP contribution in [0.15, 0.2) is 0 Å². The van der Waals surface area contributed by atoms with Gasteiger partial charge in [-0.05, 0) is 12.3 Å². The fourth-order valence-electron chi connectivity index (χ4n) is 1.83. The molecule has 96 valence electrons. The molecule has 2 unspecified atom stereocenters. The zero-order valence-electron chi connectivity index (χ0n) is 10.7. The van der Waals surface area contributed by atoms with E-state index in [1.54, 1.807) is 0 Å². The Balaban J connectivity index is 2.58. The molecule has 1 aliphatic rings. The van der Waals surface area contributed by atoms with Gasteiger partial charge in [-0.25, -0.2) is 8.42 Å². The Bertz CT molecular complexity index is 332. The molecule has 5 heteroatoms. The second-order valence-corrected chi connectivity index (χ2v) is 8.16. The molecule has 16 heavy (non-hydrogen) atoms. The minimum atomic E-state index is -2.82. The number of nitrogens with two attached hydrogens (primary N) is 1. The Kier molecular flexibility index (Phi) is 4.03. The fourth-order valence-corrected chi connectivity index (χ4v) is 3.46. The third kappa shape index (κ3) is 3.71. The third-order valence-corrected chi connectivity index (χ3v) is 5.15. The first-order valence-corrected chi connectivity index (χ1v) is 7.64. The van der Waals surface area contributed by atoms with E-state index in [2.05, 4.69) is 25.7 Å². The van der Waals surface area contributed by atoms with Crippen LogP contribution in [0.25, 0.3) is 0 Å². The van der Waals surface area contributed by atoms with Crippen LogP contribution in [0, 0.1) is 5.41 Å². The molecule has 1 heterocycles. The zero-order valence-corrected chi connectivity index (χ0v) is 11.5. The lowest BCUT2D eigenvalue weighted by molar-refractivity contribution is 0.170. The van der Waals surface area contributed by atoms with Crippen molar-refractivity contribution < 1.29 is 8.42 Å². The molecule has 0 saturated carbocycles. The second kappa shape index (κ2) is 4.63. The normalized spacial score (nSPS) is 28.9. The van der Waals surface area contributed by atoms with Gasteiger partial charge in [-0.3, -0.25) is 4.90 Å². The largest absolute Gasteiger partial charge is 0.326 e. The van der Waals surface area contributed by atoms with Crippen LogP contribution in [-0.2, 0) is 9.84 Å². The lowest BCUT2D eigenvalue weighted by Crippen LogP contribution is -2.53. The average molecular weight is 248 g/mol. The highest BCUT2D eigenvalue weighted by atomic mass is 32.2. The highest BCUT2D eigenvalue weighted by Crippen LogP contribution is 2.20. The van der Waals surface area contributed by atoms with Gasteiger partial charge in [-0.2, -0.15) is 0 Å².